The van der Waals surface area contributed by atoms with Crippen molar-refractivity contribution >= 4 is 6.34 Å². The molecule has 0 radical (unpaired) electrons. The van der Waals surface area contributed by atoms with Gasteiger partial charge in [0.2, 0.25) is 0 Å². The van der Waals surface area contributed by atoms with Gasteiger partial charge in [0.1, 0.15) is 0 Å². The minimum atomic E-state index is -0.0126. The van der Waals surface area contributed by atoms with Crippen LogP contribution in [0, 0.1) is 0 Å². The topological polar surface area (TPSA) is 29.7 Å². The molecule has 0 aliphatic carbocycles. The van der Waals surface area contributed by atoms with Crippen molar-refractivity contribution in [3.8, 4) is 0 Å². The Labute approximate surface area is 98.8 Å². The molecule has 0 amide bonds. The molecule has 88 valence electrons. The van der Waals surface area contributed by atoms with E-state index in [1.165, 1.54) is 0 Å². The summed E-state index contributed by atoms with van der Waals surface area (Å²) in [6.45, 7) is 9.26. The molecule has 3 nitrogen and oxygen atoms in total. The summed E-state index contributed by atoms with van der Waals surface area (Å²) >= 11 is 0. The zero-order chi connectivity index (χ0) is 10.5. The number of hydrogen-bond donors (Lipinski definition) is 0. The molecule has 0 N–H and O–H groups in total. The predicted molar refractivity (Wildman–Crippen MR) is 59.6 cm³/mol. The summed E-state index contributed by atoms with van der Waals surface area (Å²) in [7, 11) is 4.10. The van der Waals surface area contributed by atoms with Gasteiger partial charge >= 0.3 is 17.1 Å². The quantitative estimate of drug-likeness (QED) is 0.425. The van der Waals surface area contributed by atoms with Gasteiger partial charge in [0, 0.05) is 0 Å². The summed E-state index contributed by atoms with van der Waals surface area (Å²) in [5.41, 5.74) is -0.0126. The Hall–Kier alpha value is -0.0505. The van der Waals surface area contributed by atoms with Crippen LogP contribution in [0.5, 0.6) is 0 Å². The van der Waals surface area contributed by atoms with Crippen LogP contribution in [0.1, 0.15) is 27.7 Å². The number of rotatable bonds is 4. The molecule has 0 rings (SSSR count). The van der Waals surface area contributed by atoms with E-state index < -0.39 is 0 Å². The first-order valence-corrected chi connectivity index (χ1v) is 4.69. The zero-order valence-electron chi connectivity index (χ0n) is 10.0. The SMILES string of the molecule is CC(CN(C)C)[N-]C=NC(C)(C)C.[Cu+]. The number of nitrogens with zero attached hydrogens (tertiary/aromatic N) is 3. The van der Waals surface area contributed by atoms with E-state index in [2.05, 4.69) is 42.9 Å². The van der Waals surface area contributed by atoms with E-state index in [1.54, 1.807) is 6.34 Å². The normalized spacial score (nSPS) is 14.2. The van der Waals surface area contributed by atoms with Crippen LogP contribution in [-0.2, 0) is 17.1 Å². The maximum absolute atomic E-state index is 4.32. The second-order valence-electron chi connectivity index (χ2n) is 4.68. The van der Waals surface area contributed by atoms with Crippen molar-refractivity contribution in [2.75, 3.05) is 20.6 Å². The minimum absolute atomic E-state index is 0. The van der Waals surface area contributed by atoms with Gasteiger partial charge in [-0.25, -0.2) is 0 Å². The van der Waals surface area contributed by atoms with E-state index >= 15 is 0 Å². The van der Waals surface area contributed by atoms with E-state index in [9.17, 15) is 0 Å². The molecule has 0 spiro atoms. The maximum Gasteiger partial charge on any atom is 1.00 e. The van der Waals surface area contributed by atoms with Crippen molar-refractivity contribution in [2.45, 2.75) is 39.3 Å². The molecule has 0 saturated carbocycles. The summed E-state index contributed by atoms with van der Waals surface area (Å²) in [6, 6.07) is 0.320. The summed E-state index contributed by atoms with van der Waals surface area (Å²) in [5.74, 6) is 0. The molecule has 14 heavy (non-hydrogen) atoms. The smallest absolute Gasteiger partial charge is 0.468 e. The minimum Gasteiger partial charge on any atom is -0.468 e. The van der Waals surface area contributed by atoms with Gasteiger partial charge in [-0.1, -0.05) is 27.7 Å². The second-order valence-corrected chi connectivity index (χ2v) is 4.68. The summed E-state index contributed by atoms with van der Waals surface area (Å²) < 4.78 is 0. The first-order chi connectivity index (χ1) is 5.81. The molecule has 0 aliphatic heterocycles. The monoisotopic (exact) mass is 247 g/mol. The van der Waals surface area contributed by atoms with Gasteiger partial charge in [-0.3, -0.25) is 0 Å². The van der Waals surface area contributed by atoms with E-state index in [0.717, 1.165) is 6.54 Å². The molecule has 0 heterocycles. The summed E-state index contributed by atoms with van der Waals surface area (Å²) in [5, 5.41) is 4.32. The van der Waals surface area contributed by atoms with Crippen LogP contribution >= 0.6 is 0 Å². The van der Waals surface area contributed by atoms with Crippen LogP contribution in [-0.4, -0.2) is 43.5 Å². The molecule has 0 aromatic rings. The first-order valence-electron chi connectivity index (χ1n) is 4.69. The van der Waals surface area contributed by atoms with Gasteiger partial charge in [-0.15, -0.1) is 6.34 Å². The van der Waals surface area contributed by atoms with Crippen molar-refractivity contribution in [1.29, 1.82) is 0 Å². The molecule has 0 fully saturated rings. The van der Waals surface area contributed by atoms with E-state index in [-0.39, 0.29) is 22.6 Å². The Morgan fingerprint density at radius 1 is 1.36 bits per heavy atom. The van der Waals surface area contributed by atoms with Gasteiger partial charge in [0.25, 0.3) is 0 Å². The largest absolute Gasteiger partial charge is 1.00 e. The summed E-state index contributed by atoms with van der Waals surface area (Å²) in [4.78, 5) is 6.42. The van der Waals surface area contributed by atoms with Crippen LogP contribution in [0.2, 0.25) is 0 Å². The number of aliphatic imine (C=N–C) groups is 1. The maximum atomic E-state index is 4.32. The van der Waals surface area contributed by atoms with E-state index in [0.29, 0.717) is 6.04 Å². The summed E-state index contributed by atoms with van der Waals surface area (Å²) in [6.07, 6.45) is 1.69. The fourth-order valence-corrected chi connectivity index (χ4v) is 0.896. The van der Waals surface area contributed by atoms with E-state index in [4.69, 9.17) is 0 Å². The molecular weight excluding hydrogens is 226 g/mol. The van der Waals surface area contributed by atoms with Crippen LogP contribution in [0.3, 0.4) is 0 Å². The molecule has 0 aromatic heterocycles. The Bertz CT molecular complexity index is 161. The number of hydrogen-bond acceptors (Lipinski definition) is 2. The molecule has 0 aromatic carbocycles. The Morgan fingerprint density at radius 3 is 2.21 bits per heavy atom. The molecule has 4 heteroatoms. The third-order valence-electron chi connectivity index (χ3n) is 1.40. The van der Waals surface area contributed by atoms with Gasteiger partial charge in [-0.2, -0.15) is 0 Å². The third-order valence-corrected chi connectivity index (χ3v) is 1.40. The Balaban J connectivity index is 0. The second kappa shape index (κ2) is 7.27. The molecule has 0 bridgehead atoms. The average Bonchev–Trinajstić information content (AvgIpc) is 1.81. The standard InChI is InChI=1S/C10H22N3.Cu/c1-9(7-13(5)6)11-8-12-10(2,3)4;/h8-9H,7H2,1-6H3;/q-1;+1. The first kappa shape index (κ1) is 16.4. The average molecular weight is 248 g/mol. The van der Waals surface area contributed by atoms with Gasteiger partial charge < -0.3 is 15.2 Å². The van der Waals surface area contributed by atoms with Crippen molar-refractivity contribution in [1.82, 2.24) is 4.90 Å². The fourth-order valence-electron chi connectivity index (χ4n) is 0.896. The molecule has 0 saturated heterocycles. The van der Waals surface area contributed by atoms with Gasteiger partial charge in [0.15, 0.2) is 0 Å². The van der Waals surface area contributed by atoms with Crippen molar-refractivity contribution in [2.24, 2.45) is 4.99 Å². The molecule has 1 unspecified atom stereocenters. The molecule has 0 aliphatic rings. The van der Waals surface area contributed by atoms with Crippen molar-refractivity contribution in [3.63, 3.8) is 0 Å². The van der Waals surface area contributed by atoms with Gasteiger partial charge in [-0.05, 0) is 32.2 Å². The Morgan fingerprint density at radius 2 is 1.86 bits per heavy atom. The molecular formula is C10H22CuN3. The van der Waals surface area contributed by atoms with Crippen LogP contribution < -0.4 is 0 Å². The van der Waals surface area contributed by atoms with Crippen LogP contribution in [0.4, 0.5) is 0 Å². The van der Waals surface area contributed by atoms with Crippen molar-refractivity contribution < 1.29 is 17.1 Å². The Kier molecular flexibility index (Phi) is 8.51. The van der Waals surface area contributed by atoms with Crippen LogP contribution in [0.25, 0.3) is 5.32 Å². The van der Waals surface area contributed by atoms with Gasteiger partial charge in [0.05, 0.1) is 0 Å². The zero-order valence-corrected chi connectivity index (χ0v) is 10.9. The molecule has 1 atom stereocenters. The van der Waals surface area contributed by atoms with Crippen molar-refractivity contribution in [3.05, 3.63) is 5.32 Å². The van der Waals surface area contributed by atoms with Crippen LogP contribution in [0.15, 0.2) is 4.99 Å². The fraction of sp³-hybridized carbons (Fsp3) is 0.900. The van der Waals surface area contributed by atoms with E-state index in [1.807, 2.05) is 14.1 Å². The third kappa shape index (κ3) is 11.9. The number of likely N-dealkylation sites (N-methyl/N-ethyl adjacent to an activating group) is 1. The predicted octanol–water partition coefficient (Wildman–Crippen LogP) is 2.13.